The van der Waals surface area contributed by atoms with Gasteiger partial charge in [0.15, 0.2) is 0 Å². The number of nitrogens with two attached hydrogens (primary N) is 1. The van der Waals surface area contributed by atoms with E-state index in [-0.39, 0.29) is 23.2 Å². The van der Waals surface area contributed by atoms with Gasteiger partial charge in [0.2, 0.25) is 0 Å². The second-order valence-electron chi connectivity index (χ2n) is 5.41. The fourth-order valence-electron chi connectivity index (χ4n) is 2.84. The van der Waals surface area contributed by atoms with Crippen molar-refractivity contribution < 1.29 is 9.18 Å². The fourth-order valence-corrected chi connectivity index (χ4v) is 2.84. The zero-order chi connectivity index (χ0) is 14.5. The molecule has 0 aromatic heterocycles. The molecular formula is C15H22FN3O. The summed E-state index contributed by atoms with van der Waals surface area (Å²) in [5, 5.41) is 2.98. The molecule has 1 aromatic rings. The third-order valence-electron chi connectivity index (χ3n) is 4.16. The molecule has 0 heterocycles. The van der Waals surface area contributed by atoms with E-state index < -0.39 is 5.82 Å². The van der Waals surface area contributed by atoms with Gasteiger partial charge in [0, 0.05) is 6.04 Å². The number of nitrogen functional groups attached to an aromatic ring is 1. The summed E-state index contributed by atoms with van der Waals surface area (Å²) in [4.78, 5) is 12.2. The number of carbonyl (C=O) groups excluding carboxylic acids is 1. The van der Waals surface area contributed by atoms with Crippen LogP contribution in [0.4, 0.5) is 10.1 Å². The quantitative estimate of drug-likeness (QED) is 0.586. The molecule has 1 aliphatic rings. The lowest BCUT2D eigenvalue weighted by Crippen LogP contribution is -2.38. The van der Waals surface area contributed by atoms with Gasteiger partial charge < -0.3 is 10.7 Å². The second kappa shape index (κ2) is 6.70. The summed E-state index contributed by atoms with van der Waals surface area (Å²) in [6.45, 7) is 2.20. The molecule has 2 rings (SSSR count). The third kappa shape index (κ3) is 3.28. The van der Waals surface area contributed by atoms with Crippen molar-refractivity contribution in [1.82, 2.24) is 5.32 Å². The van der Waals surface area contributed by atoms with Crippen LogP contribution in [0.5, 0.6) is 0 Å². The van der Waals surface area contributed by atoms with Crippen LogP contribution in [0, 0.1) is 11.7 Å². The Labute approximate surface area is 118 Å². The van der Waals surface area contributed by atoms with E-state index in [0.717, 1.165) is 31.6 Å². The number of rotatable bonds is 4. The van der Waals surface area contributed by atoms with E-state index in [1.165, 1.54) is 18.6 Å². The van der Waals surface area contributed by atoms with Gasteiger partial charge in [0.05, 0.1) is 11.3 Å². The Hall–Kier alpha value is -1.62. The van der Waals surface area contributed by atoms with Crippen LogP contribution in [0.15, 0.2) is 18.2 Å². The molecule has 4 N–H and O–H groups in total. The van der Waals surface area contributed by atoms with Crippen molar-refractivity contribution in [2.45, 2.75) is 45.1 Å². The molecule has 1 saturated carbocycles. The van der Waals surface area contributed by atoms with Gasteiger partial charge in [-0.05, 0) is 43.7 Å². The van der Waals surface area contributed by atoms with Crippen LogP contribution in [-0.2, 0) is 0 Å². The van der Waals surface area contributed by atoms with E-state index >= 15 is 0 Å². The average molecular weight is 279 g/mol. The number of amides is 1. The van der Waals surface area contributed by atoms with Gasteiger partial charge in [-0.3, -0.25) is 10.6 Å². The lowest BCUT2D eigenvalue weighted by Gasteiger charge is -2.28. The highest BCUT2D eigenvalue weighted by molar-refractivity contribution is 5.99. The first-order valence-electron chi connectivity index (χ1n) is 7.21. The lowest BCUT2D eigenvalue weighted by molar-refractivity contribution is 0.0922. The number of nitrogens with one attached hydrogen (secondary N) is 2. The van der Waals surface area contributed by atoms with Gasteiger partial charge in [0.1, 0.15) is 5.82 Å². The van der Waals surface area contributed by atoms with Gasteiger partial charge in [-0.2, -0.15) is 0 Å². The number of anilines is 1. The summed E-state index contributed by atoms with van der Waals surface area (Å²) >= 11 is 0. The van der Waals surface area contributed by atoms with Crippen LogP contribution < -0.4 is 16.6 Å². The smallest absolute Gasteiger partial charge is 0.253 e. The molecule has 1 amide bonds. The van der Waals surface area contributed by atoms with Crippen LogP contribution >= 0.6 is 0 Å². The minimum Gasteiger partial charge on any atom is -0.349 e. The predicted octanol–water partition coefficient (Wildman–Crippen LogP) is 2.81. The Morgan fingerprint density at radius 1 is 1.35 bits per heavy atom. The van der Waals surface area contributed by atoms with E-state index in [2.05, 4.69) is 17.7 Å². The molecule has 0 spiro atoms. The van der Waals surface area contributed by atoms with Crippen LogP contribution in [0.1, 0.15) is 49.4 Å². The van der Waals surface area contributed by atoms with E-state index in [1.807, 2.05) is 0 Å². The number of hydrazine groups is 1. The number of halogens is 1. The highest BCUT2D eigenvalue weighted by Gasteiger charge is 2.23. The summed E-state index contributed by atoms with van der Waals surface area (Å²) in [6, 6.07) is 4.54. The van der Waals surface area contributed by atoms with Crippen LogP contribution in [-0.4, -0.2) is 11.9 Å². The Balaban J connectivity index is 2.01. The second-order valence-corrected chi connectivity index (χ2v) is 5.41. The predicted molar refractivity (Wildman–Crippen MR) is 77.7 cm³/mol. The summed E-state index contributed by atoms with van der Waals surface area (Å²) in [7, 11) is 0. The Bertz CT molecular complexity index is 470. The molecule has 0 saturated heterocycles. The Morgan fingerprint density at radius 3 is 2.65 bits per heavy atom. The maximum absolute atomic E-state index is 13.6. The molecule has 1 aromatic carbocycles. The van der Waals surface area contributed by atoms with Crippen molar-refractivity contribution in [1.29, 1.82) is 0 Å². The van der Waals surface area contributed by atoms with Crippen molar-refractivity contribution in [3.05, 3.63) is 29.6 Å². The van der Waals surface area contributed by atoms with E-state index in [9.17, 15) is 9.18 Å². The van der Waals surface area contributed by atoms with E-state index in [4.69, 9.17) is 5.84 Å². The molecule has 0 radical (unpaired) electrons. The minimum atomic E-state index is -0.519. The number of carbonyl (C=O) groups is 1. The largest absolute Gasteiger partial charge is 0.349 e. The van der Waals surface area contributed by atoms with Crippen LogP contribution in [0.2, 0.25) is 0 Å². The van der Waals surface area contributed by atoms with Gasteiger partial charge in [-0.1, -0.05) is 19.4 Å². The summed E-state index contributed by atoms with van der Waals surface area (Å²) in [6.07, 6.45) is 5.47. The summed E-state index contributed by atoms with van der Waals surface area (Å²) < 4.78 is 13.6. The van der Waals surface area contributed by atoms with Gasteiger partial charge in [-0.25, -0.2) is 4.39 Å². The highest BCUT2D eigenvalue weighted by Crippen LogP contribution is 2.27. The van der Waals surface area contributed by atoms with Crippen molar-refractivity contribution in [2.24, 2.45) is 11.8 Å². The standard InChI is InChI=1S/C15H22FN3O/c1-2-10-6-8-11(9-7-10)18-15(20)12-4-3-5-13(16)14(12)19-17/h3-5,10-11,19H,2,6-9,17H2,1H3,(H,18,20). The molecule has 1 fully saturated rings. The molecule has 110 valence electrons. The zero-order valence-electron chi connectivity index (χ0n) is 11.8. The number of para-hydroxylation sites is 1. The molecule has 0 aliphatic heterocycles. The summed E-state index contributed by atoms with van der Waals surface area (Å²) in [5.74, 6) is 5.28. The normalized spacial score (nSPS) is 22.4. The molecule has 0 bridgehead atoms. The first-order valence-corrected chi connectivity index (χ1v) is 7.21. The fraction of sp³-hybridized carbons (Fsp3) is 0.533. The maximum Gasteiger partial charge on any atom is 0.253 e. The van der Waals surface area contributed by atoms with Crippen molar-refractivity contribution >= 4 is 11.6 Å². The van der Waals surface area contributed by atoms with Gasteiger partial charge in [0.25, 0.3) is 5.91 Å². The van der Waals surface area contributed by atoms with Gasteiger partial charge in [-0.15, -0.1) is 0 Å². The maximum atomic E-state index is 13.6. The van der Waals surface area contributed by atoms with Gasteiger partial charge >= 0.3 is 0 Å². The van der Waals surface area contributed by atoms with Crippen molar-refractivity contribution in [3.8, 4) is 0 Å². The Morgan fingerprint density at radius 2 is 2.05 bits per heavy atom. The monoisotopic (exact) mass is 279 g/mol. The third-order valence-corrected chi connectivity index (χ3v) is 4.16. The molecule has 1 aliphatic carbocycles. The van der Waals surface area contributed by atoms with E-state index in [0.29, 0.717) is 0 Å². The number of benzene rings is 1. The first-order chi connectivity index (χ1) is 9.65. The topological polar surface area (TPSA) is 67.2 Å². The summed E-state index contributed by atoms with van der Waals surface area (Å²) in [5.41, 5.74) is 2.57. The molecule has 20 heavy (non-hydrogen) atoms. The minimum absolute atomic E-state index is 0.0484. The molecule has 0 atom stereocenters. The molecule has 5 heteroatoms. The number of hydrogen-bond acceptors (Lipinski definition) is 3. The van der Waals surface area contributed by atoms with Crippen LogP contribution in [0.25, 0.3) is 0 Å². The Kier molecular flexibility index (Phi) is 4.95. The highest BCUT2D eigenvalue weighted by atomic mass is 19.1. The first kappa shape index (κ1) is 14.8. The molecule has 0 unspecified atom stereocenters. The average Bonchev–Trinajstić information content (AvgIpc) is 2.47. The molecular weight excluding hydrogens is 257 g/mol. The zero-order valence-corrected chi connectivity index (χ0v) is 11.8. The number of hydrogen-bond donors (Lipinski definition) is 3. The van der Waals surface area contributed by atoms with Crippen molar-refractivity contribution in [3.63, 3.8) is 0 Å². The molecule has 4 nitrogen and oxygen atoms in total. The van der Waals surface area contributed by atoms with Crippen molar-refractivity contribution in [2.75, 3.05) is 5.43 Å². The SMILES string of the molecule is CCC1CCC(NC(=O)c2cccc(F)c2NN)CC1. The lowest BCUT2D eigenvalue weighted by atomic mass is 9.84. The van der Waals surface area contributed by atoms with E-state index in [1.54, 1.807) is 6.07 Å². The van der Waals surface area contributed by atoms with Crippen LogP contribution in [0.3, 0.4) is 0 Å².